The van der Waals surface area contributed by atoms with Gasteiger partial charge in [0, 0.05) is 12.7 Å². The van der Waals surface area contributed by atoms with Crippen LogP contribution in [-0.2, 0) is 6.42 Å². The number of aromatic carboxylic acids is 1. The van der Waals surface area contributed by atoms with Gasteiger partial charge in [0.25, 0.3) is 0 Å². The van der Waals surface area contributed by atoms with Crippen LogP contribution in [0.25, 0.3) is 0 Å². The lowest BCUT2D eigenvalue weighted by atomic mass is 10.2. The molecule has 0 atom stereocenters. The van der Waals surface area contributed by atoms with Gasteiger partial charge in [0.15, 0.2) is 11.6 Å². The maximum Gasteiger partial charge on any atom is 0.335 e. The van der Waals surface area contributed by atoms with E-state index in [0.717, 1.165) is 0 Å². The van der Waals surface area contributed by atoms with E-state index in [1.807, 2.05) is 6.92 Å². The van der Waals surface area contributed by atoms with Crippen molar-refractivity contribution in [2.75, 3.05) is 11.9 Å². The summed E-state index contributed by atoms with van der Waals surface area (Å²) in [5.74, 6) is -1.29. The minimum atomic E-state index is -0.999. The highest BCUT2D eigenvalue weighted by Gasteiger charge is 2.15. The fourth-order valence-electron chi connectivity index (χ4n) is 1.83. The summed E-state index contributed by atoms with van der Waals surface area (Å²) in [5, 5.41) is 8.85. The topological polar surface area (TPSA) is 66.3 Å². The highest BCUT2D eigenvalue weighted by atomic mass is 19.1. The van der Waals surface area contributed by atoms with Gasteiger partial charge in [-0.25, -0.2) is 19.2 Å². The zero-order valence-corrected chi connectivity index (χ0v) is 11.2. The van der Waals surface area contributed by atoms with E-state index in [2.05, 4.69) is 9.97 Å². The number of carboxylic acids is 1. The molecule has 0 bridgehead atoms. The molecule has 0 radical (unpaired) electrons. The summed E-state index contributed by atoms with van der Waals surface area (Å²) in [6, 6.07) is 6.15. The second-order valence-electron chi connectivity index (χ2n) is 4.22. The third kappa shape index (κ3) is 2.59. The summed E-state index contributed by atoms with van der Waals surface area (Å²) in [4.78, 5) is 20.2. The molecule has 5 nitrogen and oxygen atoms in total. The molecule has 0 fully saturated rings. The number of hydrogen-bond donors (Lipinski definition) is 1. The number of rotatable bonds is 4. The minimum Gasteiger partial charge on any atom is -0.478 e. The van der Waals surface area contributed by atoms with Crippen molar-refractivity contribution in [3.05, 3.63) is 47.7 Å². The van der Waals surface area contributed by atoms with Crippen LogP contribution < -0.4 is 4.90 Å². The van der Waals surface area contributed by atoms with Gasteiger partial charge in [-0.2, -0.15) is 0 Å². The van der Waals surface area contributed by atoms with E-state index in [9.17, 15) is 9.18 Å². The first-order valence-electron chi connectivity index (χ1n) is 6.11. The Kier molecular flexibility index (Phi) is 3.93. The monoisotopic (exact) mass is 275 g/mol. The molecule has 0 amide bonds. The molecule has 0 aliphatic rings. The van der Waals surface area contributed by atoms with Crippen molar-refractivity contribution in [1.82, 2.24) is 9.97 Å². The fraction of sp³-hybridized carbons (Fsp3) is 0.214. The summed E-state index contributed by atoms with van der Waals surface area (Å²) in [6.45, 7) is 1.82. The second kappa shape index (κ2) is 5.64. The van der Waals surface area contributed by atoms with Gasteiger partial charge < -0.3 is 10.0 Å². The Bertz CT molecular complexity index is 629. The van der Waals surface area contributed by atoms with E-state index < -0.39 is 11.8 Å². The number of carbonyl (C=O) groups is 1. The molecule has 0 spiro atoms. The van der Waals surface area contributed by atoms with Crippen LogP contribution in [0.5, 0.6) is 0 Å². The van der Waals surface area contributed by atoms with E-state index in [-0.39, 0.29) is 11.4 Å². The molecule has 1 N–H and O–H groups in total. The first-order chi connectivity index (χ1) is 9.54. The van der Waals surface area contributed by atoms with Crippen LogP contribution in [0.1, 0.15) is 23.0 Å². The average molecular weight is 275 g/mol. The van der Waals surface area contributed by atoms with Gasteiger partial charge in [-0.15, -0.1) is 0 Å². The van der Waals surface area contributed by atoms with E-state index in [1.165, 1.54) is 18.5 Å². The highest BCUT2D eigenvalue weighted by Crippen LogP contribution is 2.25. The molecule has 0 aliphatic heterocycles. The molecule has 0 unspecified atom stereocenters. The van der Waals surface area contributed by atoms with Crippen LogP contribution in [-0.4, -0.2) is 28.1 Å². The number of carboxylic acid groups (broad SMARTS) is 1. The zero-order valence-electron chi connectivity index (χ0n) is 11.2. The highest BCUT2D eigenvalue weighted by molar-refractivity contribution is 5.88. The molecule has 6 heteroatoms. The minimum absolute atomic E-state index is 0.167. The van der Waals surface area contributed by atoms with Crippen molar-refractivity contribution in [3.8, 4) is 0 Å². The van der Waals surface area contributed by atoms with Gasteiger partial charge in [-0.3, -0.25) is 0 Å². The number of hydrogen-bond acceptors (Lipinski definition) is 4. The van der Waals surface area contributed by atoms with Gasteiger partial charge in [0.05, 0.1) is 11.3 Å². The second-order valence-corrected chi connectivity index (χ2v) is 4.22. The number of aryl methyl sites for hydroxylation is 1. The van der Waals surface area contributed by atoms with Gasteiger partial charge in [0.2, 0.25) is 0 Å². The fourth-order valence-corrected chi connectivity index (χ4v) is 1.83. The summed E-state index contributed by atoms with van der Waals surface area (Å²) in [7, 11) is 1.67. The van der Waals surface area contributed by atoms with Crippen LogP contribution in [0.2, 0.25) is 0 Å². The van der Waals surface area contributed by atoms with E-state index in [0.29, 0.717) is 17.8 Å². The van der Waals surface area contributed by atoms with Crippen molar-refractivity contribution in [1.29, 1.82) is 0 Å². The van der Waals surface area contributed by atoms with Gasteiger partial charge in [0.1, 0.15) is 6.33 Å². The largest absolute Gasteiger partial charge is 0.478 e. The lowest BCUT2D eigenvalue weighted by Gasteiger charge is -2.19. The molecule has 1 aromatic heterocycles. The first-order valence-corrected chi connectivity index (χ1v) is 6.11. The Labute approximate surface area is 115 Å². The molecule has 1 heterocycles. The maximum absolute atomic E-state index is 14.2. The van der Waals surface area contributed by atoms with Crippen LogP contribution in [0.4, 0.5) is 15.9 Å². The molecule has 0 saturated heterocycles. The standard InChI is InChI=1S/C14H14FN3O2/c1-3-11-12(15)13(17-8-16-11)18(2)10-6-4-9(5-7-10)14(19)20/h4-8H,3H2,1-2H3,(H,19,20). The zero-order chi connectivity index (χ0) is 14.7. The molecular weight excluding hydrogens is 261 g/mol. The van der Waals surface area contributed by atoms with Gasteiger partial charge in [-0.1, -0.05) is 6.92 Å². The quantitative estimate of drug-likeness (QED) is 0.929. The van der Waals surface area contributed by atoms with E-state index in [1.54, 1.807) is 24.1 Å². The van der Waals surface area contributed by atoms with E-state index in [4.69, 9.17) is 5.11 Å². The maximum atomic E-state index is 14.2. The van der Waals surface area contributed by atoms with Crippen molar-refractivity contribution in [2.24, 2.45) is 0 Å². The van der Waals surface area contributed by atoms with Crippen LogP contribution in [0.15, 0.2) is 30.6 Å². The SMILES string of the molecule is CCc1ncnc(N(C)c2ccc(C(=O)O)cc2)c1F. The summed E-state index contributed by atoms with van der Waals surface area (Å²) in [5.41, 5.74) is 1.18. The Morgan fingerprint density at radius 1 is 1.30 bits per heavy atom. The van der Waals surface area contributed by atoms with Crippen LogP contribution >= 0.6 is 0 Å². The third-order valence-corrected chi connectivity index (χ3v) is 3.00. The molecule has 104 valence electrons. The predicted molar refractivity (Wildman–Crippen MR) is 72.8 cm³/mol. The molecule has 2 aromatic rings. The lowest BCUT2D eigenvalue weighted by molar-refractivity contribution is 0.0697. The van der Waals surface area contributed by atoms with Crippen LogP contribution in [0.3, 0.4) is 0 Å². The molecular formula is C14H14FN3O2. The van der Waals surface area contributed by atoms with Crippen LogP contribution in [0, 0.1) is 5.82 Å². The normalized spacial score (nSPS) is 10.3. The van der Waals surface area contributed by atoms with Crippen molar-refractivity contribution < 1.29 is 14.3 Å². The molecule has 1 aromatic carbocycles. The molecule has 0 saturated carbocycles. The molecule has 20 heavy (non-hydrogen) atoms. The van der Waals surface area contributed by atoms with Gasteiger partial charge in [-0.05, 0) is 30.7 Å². The van der Waals surface area contributed by atoms with E-state index >= 15 is 0 Å². The van der Waals surface area contributed by atoms with Crippen molar-refractivity contribution in [2.45, 2.75) is 13.3 Å². The summed E-state index contributed by atoms with van der Waals surface area (Å²) < 4.78 is 14.2. The Hall–Kier alpha value is -2.50. The number of halogens is 1. The number of anilines is 2. The average Bonchev–Trinajstić information content (AvgIpc) is 2.47. The first kappa shape index (κ1) is 13.9. The molecule has 0 aliphatic carbocycles. The van der Waals surface area contributed by atoms with Crippen molar-refractivity contribution in [3.63, 3.8) is 0 Å². The lowest BCUT2D eigenvalue weighted by Crippen LogP contribution is -2.15. The summed E-state index contributed by atoms with van der Waals surface area (Å²) >= 11 is 0. The Balaban J connectivity index is 2.36. The van der Waals surface area contributed by atoms with Crippen molar-refractivity contribution >= 4 is 17.5 Å². The molecule has 2 rings (SSSR count). The smallest absolute Gasteiger partial charge is 0.335 e. The number of benzene rings is 1. The van der Waals surface area contributed by atoms with Gasteiger partial charge >= 0.3 is 5.97 Å². The Morgan fingerprint density at radius 3 is 2.50 bits per heavy atom. The Morgan fingerprint density at radius 2 is 1.95 bits per heavy atom. The third-order valence-electron chi connectivity index (χ3n) is 3.00. The number of nitrogens with zero attached hydrogens (tertiary/aromatic N) is 3. The number of aromatic nitrogens is 2. The summed E-state index contributed by atoms with van der Waals surface area (Å²) in [6.07, 6.45) is 1.80. The predicted octanol–water partition coefficient (Wildman–Crippen LogP) is 2.64.